The largest absolute Gasteiger partial charge is 0.438 e. The summed E-state index contributed by atoms with van der Waals surface area (Å²) in [6.45, 7) is 1.85. The smallest absolute Gasteiger partial charge is 0.362 e. The highest BCUT2D eigenvalue weighted by molar-refractivity contribution is 7.99. The number of alkyl halides is 3. The summed E-state index contributed by atoms with van der Waals surface area (Å²) in [5.41, 5.74) is -0.963. The molecule has 2 aromatic carbocycles. The van der Waals surface area contributed by atoms with Crippen molar-refractivity contribution in [1.82, 2.24) is 5.01 Å². The third-order valence-electron chi connectivity index (χ3n) is 4.40. The topological polar surface area (TPSA) is 52.9 Å². The van der Waals surface area contributed by atoms with Gasteiger partial charge in [0.1, 0.15) is 0 Å². The molecule has 28 heavy (non-hydrogen) atoms. The lowest BCUT2D eigenvalue weighted by Crippen LogP contribution is -2.57. The maximum Gasteiger partial charge on any atom is 0.438 e. The first-order valence-corrected chi connectivity index (χ1v) is 9.74. The molecule has 0 bridgehead atoms. The van der Waals surface area contributed by atoms with Gasteiger partial charge in [-0.1, -0.05) is 60.2 Å². The van der Waals surface area contributed by atoms with Crippen molar-refractivity contribution in [2.24, 2.45) is 5.10 Å². The lowest BCUT2D eigenvalue weighted by atomic mass is 10.00. The maximum atomic E-state index is 13.6. The lowest BCUT2D eigenvalue weighted by Gasteiger charge is -2.32. The first-order chi connectivity index (χ1) is 13.2. The number of aryl methyl sites for hydroxylation is 1. The van der Waals surface area contributed by atoms with Crippen LogP contribution in [0, 0.1) is 6.92 Å². The molecule has 148 valence electrons. The summed E-state index contributed by atoms with van der Waals surface area (Å²) < 4.78 is 40.7. The molecule has 0 radical (unpaired) electrons. The number of carbonyl (C=O) groups is 1. The van der Waals surface area contributed by atoms with Crippen LogP contribution in [0.25, 0.3) is 0 Å². The Morgan fingerprint density at radius 3 is 2.43 bits per heavy atom. The zero-order valence-electron chi connectivity index (χ0n) is 15.1. The van der Waals surface area contributed by atoms with Crippen LogP contribution >= 0.6 is 11.8 Å². The van der Waals surface area contributed by atoms with Gasteiger partial charge in [0, 0.05) is 5.75 Å². The summed E-state index contributed by atoms with van der Waals surface area (Å²) >= 11 is 1.17. The van der Waals surface area contributed by atoms with Crippen LogP contribution in [0.5, 0.6) is 0 Å². The molecule has 3 rings (SSSR count). The Balaban J connectivity index is 1.77. The monoisotopic (exact) mass is 408 g/mol. The lowest BCUT2D eigenvalue weighted by molar-refractivity contribution is -0.301. The summed E-state index contributed by atoms with van der Waals surface area (Å²) in [5.74, 6) is -0.639. The van der Waals surface area contributed by atoms with Gasteiger partial charge in [-0.2, -0.15) is 23.3 Å². The van der Waals surface area contributed by atoms with Crippen LogP contribution in [0.1, 0.15) is 23.1 Å². The maximum absolute atomic E-state index is 13.6. The van der Waals surface area contributed by atoms with Crippen molar-refractivity contribution in [2.45, 2.75) is 31.0 Å². The van der Waals surface area contributed by atoms with Gasteiger partial charge in [0.25, 0.3) is 11.6 Å². The van der Waals surface area contributed by atoms with Gasteiger partial charge < -0.3 is 5.11 Å². The second kappa shape index (κ2) is 7.97. The van der Waals surface area contributed by atoms with Crippen molar-refractivity contribution in [2.75, 3.05) is 5.75 Å². The quantitative estimate of drug-likeness (QED) is 0.810. The van der Waals surface area contributed by atoms with Gasteiger partial charge in [-0.3, -0.25) is 4.79 Å². The van der Waals surface area contributed by atoms with Crippen molar-refractivity contribution in [3.63, 3.8) is 0 Å². The molecule has 0 fully saturated rings. The van der Waals surface area contributed by atoms with Crippen molar-refractivity contribution in [3.05, 3.63) is 71.3 Å². The van der Waals surface area contributed by atoms with E-state index in [1.165, 1.54) is 11.8 Å². The standard InChI is InChI=1S/C20H19F3N2O2S/c1-14-7-9-16(10-8-14)17-11-19(27,20(21,22)23)25(24-17)18(26)13-28-12-15-5-3-2-4-6-15/h2-10,27H,11-13H2,1H3/t19-/m1/s1. The molecule has 0 aliphatic carbocycles. The number of halogens is 3. The van der Waals surface area contributed by atoms with Crippen LogP contribution in [0.3, 0.4) is 0 Å². The van der Waals surface area contributed by atoms with E-state index < -0.39 is 24.2 Å². The molecule has 0 aromatic heterocycles. The summed E-state index contributed by atoms with van der Waals surface area (Å²) in [4.78, 5) is 12.5. The third kappa shape index (κ3) is 4.23. The Morgan fingerprint density at radius 2 is 1.82 bits per heavy atom. The molecule has 1 N–H and O–H groups in total. The molecule has 2 aromatic rings. The molecule has 1 heterocycles. The number of rotatable bonds is 5. The number of hydrazone groups is 1. The van der Waals surface area contributed by atoms with Crippen LogP contribution in [0.4, 0.5) is 13.2 Å². The predicted octanol–water partition coefficient (Wildman–Crippen LogP) is 4.12. The van der Waals surface area contributed by atoms with Gasteiger partial charge in [-0.15, -0.1) is 11.8 Å². The van der Waals surface area contributed by atoms with Gasteiger partial charge in [-0.25, -0.2) is 0 Å². The fourth-order valence-corrected chi connectivity index (χ4v) is 3.65. The summed E-state index contributed by atoms with van der Waals surface area (Å²) in [5, 5.41) is 14.4. The first kappa shape index (κ1) is 20.4. The van der Waals surface area contributed by atoms with Crippen molar-refractivity contribution < 1.29 is 23.1 Å². The molecule has 1 atom stereocenters. The fourth-order valence-electron chi connectivity index (χ4n) is 2.83. The number of hydrogen-bond acceptors (Lipinski definition) is 4. The van der Waals surface area contributed by atoms with E-state index >= 15 is 0 Å². The molecular weight excluding hydrogens is 389 g/mol. The summed E-state index contributed by atoms with van der Waals surface area (Å²) in [6.07, 6.45) is -5.82. The van der Waals surface area contributed by atoms with E-state index in [2.05, 4.69) is 5.10 Å². The average molecular weight is 408 g/mol. The molecule has 1 amide bonds. The Kier molecular flexibility index (Phi) is 5.81. The number of nitrogens with zero attached hydrogens (tertiary/aromatic N) is 2. The number of hydrogen-bond donors (Lipinski definition) is 1. The Morgan fingerprint density at radius 1 is 1.18 bits per heavy atom. The van der Waals surface area contributed by atoms with Gasteiger partial charge in [0.15, 0.2) is 0 Å². The van der Waals surface area contributed by atoms with Crippen LogP contribution < -0.4 is 0 Å². The van der Waals surface area contributed by atoms with E-state index in [4.69, 9.17) is 0 Å². The average Bonchev–Trinajstić information content (AvgIpc) is 3.02. The minimum absolute atomic E-state index is 0.0289. The molecule has 1 aliphatic heterocycles. The van der Waals surface area contributed by atoms with E-state index in [9.17, 15) is 23.1 Å². The van der Waals surface area contributed by atoms with Crippen LogP contribution in [0.2, 0.25) is 0 Å². The second-order valence-corrected chi connectivity index (χ2v) is 7.57. The number of thioether (sulfide) groups is 1. The molecule has 0 saturated carbocycles. The van der Waals surface area contributed by atoms with Crippen molar-refractivity contribution >= 4 is 23.4 Å². The van der Waals surface area contributed by atoms with Gasteiger partial charge in [-0.05, 0) is 18.1 Å². The number of aliphatic hydroxyl groups is 1. The predicted molar refractivity (Wildman–Crippen MR) is 103 cm³/mol. The Hall–Kier alpha value is -2.32. The fraction of sp³-hybridized carbons (Fsp3) is 0.300. The molecule has 0 spiro atoms. The zero-order valence-corrected chi connectivity index (χ0v) is 15.9. The highest BCUT2D eigenvalue weighted by atomic mass is 32.2. The molecule has 4 nitrogen and oxygen atoms in total. The number of carbonyl (C=O) groups excluding carboxylic acids is 1. The molecular formula is C20H19F3N2O2S. The molecule has 0 saturated heterocycles. The number of amides is 1. The second-order valence-electron chi connectivity index (χ2n) is 6.59. The highest BCUT2D eigenvalue weighted by Gasteiger charge is 2.63. The summed E-state index contributed by atoms with van der Waals surface area (Å²) in [7, 11) is 0. The minimum atomic E-state index is -5.03. The van der Waals surface area contributed by atoms with Crippen LogP contribution in [-0.4, -0.2) is 39.4 Å². The molecule has 8 heteroatoms. The van der Waals surface area contributed by atoms with E-state index in [0.717, 1.165) is 11.1 Å². The van der Waals surface area contributed by atoms with Crippen molar-refractivity contribution in [1.29, 1.82) is 0 Å². The third-order valence-corrected chi connectivity index (χ3v) is 5.39. The minimum Gasteiger partial charge on any atom is -0.362 e. The Labute approximate surface area is 165 Å². The van der Waals surface area contributed by atoms with Gasteiger partial charge in [0.05, 0.1) is 17.9 Å². The van der Waals surface area contributed by atoms with Crippen LogP contribution in [0.15, 0.2) is 59.7 Å². The molecule has 0 unspecified atom stereocenters. The SMILES string of the molecule is Cc1ccc(C2=NN(C(=O)CSCc3ccccc3)[C@](O)(C(F)(F)F)C2)cc1. The van der Waals surface area contributed by atoms with Gasteiger partial charge >= 0.3 is 6.18 Å². The Bertz CT molecular complexity index is 869. The van der Waals surface area contributed by atoms with E-state index in [1.54, 1.807) is 24.3 Å². The number of benzene rings is 2. The highest BCUT2D eigenvalue weighted by Crippen LogP contribution is 2.41. The van der Waals surface area contributed by atoms with E-state index in [0.29, 0.717) is 11.3 Å². The normalized spacial score (nSPS) is 19.6. The van der Waals surface area contributed by atoms with Crippen LogP contribution in [-0.2, 0) is 10.5 Å². The van der Waals surface area contributed by atoms with E-state index in [-0.39, 0.29) is 16.5 Å². The summed E-state index contributed by atoms with van der Waals surface area (Å²) in [6, 6.07) is 16.0. The first-order valence-electron chi connectivity index (χ1n) is 8.59. The van der Waals surface area contributed by atoms with Gasteiger partial charge in [0.2, 0.25) is 0 Å². The van der Waals surface area contributed by atoms with Crippen molar-refractivity contribution in [3.8, 4) is 0 Å². The van der Waals surface area contributed by atoms with E-state index in [1.807, 2.05) is 37.3 Å². The zero-order chi connectivity index (χ0) is 20.4. The molecule has 1 aliphatic rings.